The van der Waals surface area contributed by atoms with Gasteiger partial charge in [-0.05, 0) is 34.8 Å². The van der Waals surface area contributed by atoms with E-state index in [4.69, 9.17) is 12.6 Å². The van der Waals surface area contributed by atoms with Crippen molar-refractivity contribution in [2.45, 2.75) is 26.6 Å². The summed E-state index contributed by atoms with van der Waals surface area (Å²) < 4.78 is 5.44. The van der Waals surface area contributed by atoms with Gasteiger partial charge in [0.05, 0.1) is 18.7 Å². The van der Waals surface area contributed by atoms with E-state index in [0.717, 1.165) is 17.5 Å². The van der Waals surface area contributed by atoms with Gasteiger partial charge in [0.15, 0.2) is 0 Å². The third kappa shape index (κ3) is 1.35. The molecule has 0 unspecified atom stereocenters. The SMILES string of the molecule is [B]c1nc2cc(CC)ccc2c2c1COC2. The summed E-state index contributed by atoms with van der Waals surface area (Å²) in [7, 11) is 5.94. The van der Waals surface area contributed by atoms with E-state index < -0.39 is 0 Å². The first-order valence-corrected chi connectivity index (χ1v) is 5.57. The molecule has 2 heterocycles. The van der Waals surface area contributed by atoms with Crippen LogP contribution in [0.5, 0.6) is 0 Å². The molecule has 0 atom stereocenters. The van der Waals surface area contributed by atoms with Crippen LogP contribution in [-0.4, -0.2) is 12.8 Å². The molecule has 2 nitrogen and oxygen atoms in total. The summed E-state index contributed by atoms with van der Waals surface area (Å²) in [6.07, 6.45) is 1.02. The van der Waals surface area contributed by atoms with Gasteiger partial charge in [0, 0.05) is 5.39 Å². The Morgan fingerprint density at radius 2 is 2.12 bits per heavy atom. The van der Waals surface area contributed by atoms with Crippen molar-refractivity contribution < 1.29 is 4.74 Å². The van der Waals surface area contributed by atoms with Crippen molar-refractivity contribution in [1.82, 2.24) is 4.98 Å². The molecule has 0 aliphatic carbocycles. The van der Waals surface area contributed by atoms with Crippen molar-refractivity contribution in [2.75, 3.05) is 0 Å². The van der Waals surface area contributed by atoms with E-state index in [1.54, 1.807) is 0 Å². The first-order valence-electron chi connectivity index (χ1n) is 5.57. The predicted molar refractivity (Wildman–Crippen MR) is 65.0 cm³/mol. The second kappa shape index (κ2) is 3.60. The minimum Gasteiger partial charge on any atom is -0.372 e. The molecule has 0 N–H and O–H groups in total. The highest BCUT2D eigenvalue weighted by atomic mass is 16.5. The van der Waals surface area contributed by atoms with Gasteiger partial charge in [0.2, 0.25) is 0 Å². The van der Waals surface area contributed by atoms with Crippen LogP contribution in [0.4, 0.5) is 0 Å². The van der Waals surface area contributed by atoms with Crippen LogP contribution in [-0.2, 0) is 24.4 Å². The largest absolute Gasteiger partial charge is 0.372 e. The van der Waals surface area contributed by atoms with E-state index in [9.17, 15) is 0 Å². The minimum absolute atomic E-state index is 0.597. The number of aryl methyl sites for hydroxylation is 1. The van der Waals surface area contributed by atoms with Crippen molar-refractivity contribution in [3.05, 3.63) is 34.9 Å². The Morgan fingerprint density at radius 3 is 2.94 bits per heavy atom. The molecule has 2 aromatic rings. The summed E-state index contributed by atoms with van der Waals surface area (Å²) in [5.41, 5.74) is 5.18. The molecular formula is C13H12BNO. The van der Waals surface area contributed by atoms with Gasteiger partial charge in [-0.3, -0.25) is 4.98 Å². The maximum atomic E-state index is 5.94. The standard InChI is InChI=1S/C13H12BNO/c1-2-8-3-4-9-10-6-16-7-11(10)13(14)15-12(9)5-8/h3-5H,2,6-7H2,1H3. The van der Waals surface area contributed by atoms with Crippen LogP contribution in [0.2, 0.25) is 0 Å². The highest BCUT2D eigenvalue weighted by Crippen LogP contribution is 2.26. The normalized spacial score (nSPS) is 14.3. The molecule has 3 rings (SSSR count). The molecule has 16 heavy (non-hydrogen) atoms. The summed E-state index contributed by atoms with van der Waals surface area (Å²) in [5.74, 6) is 0. The molecule has 1 aromatic heterocycles. The zero-order valence-electron chi connectivity index (χ0n) is 9.29. The number of rotatable bonds is 1. The monoisotopic (exact) mass is 209 g/mol. The van der Waals surface area contributed by atoms with Gasteiger partial charge in [-0.2, -0.15) is 0 Å². The predicted octanol–water partition coefficient (Wildman–Crippen LogP) is 1.62. The lowest BCUT2D eigenvalue weighted by molar-refractivity contribution is 0.135. The molecule has 2 radical (unpaired) electrons. The van der Waals surface area contributed by atoms with Crippen LogP contribution in [0.25, 0.3) is 10.9 Å². The molecule has 0 saturated heterocycles. The summed E-state index contributed by atoms with van der Waals surface area (Å²) in [6.45, 7) is 3.39. The van der Waals surface area contributed by atoms with Gasteiger partial charge in [-0.25, -0.2) is 0 Å². The van der Waals surface area contributed by atoms with Crippen LogP contribution in [0.3, 0.4) is 0 Å². The molecule has 0 spiro atoms. The maximum Gasteiger partial charge on any atom is 0.142 e. The van der Waals surface area contributed by atoms with Crippen molar-refractivity contribution >= 4 is 24.3 Å². The zero-order chi connectivity index (χ0) is 11.1. The highest BCUT2D eigenvalue weighted by Gasteiger charge is 2.17. The van der Waals surface area contributed by atoms with Crippen LogP contribution >= 0.6 is 0 Å². The molecule has 1 aliphatic heterocycles. The van der Waals surface area contributed by atoms with Gasteiger partial charge in [-0.15, -0.1) is 0 Å². The number of ether oxygens (including phenoxy) is 1. The fourth-order valence-corrected chi connectivity index (χ4v) is 2.24. The second-order valence-corrected chi connectivity index (χ2v) is 4.15. The molecule has 0 fully saturated rings. The molecule has 0 saturated carbocycles. The number of hydrogen-bond donors (Lipinski definition) is 0. The number of nitrogens with zero attached hydrogens (tertiary/aromatic N) is 1. The van der Waals surface area contributed by atoms with E-state index >= 15 is 0 Å². The quantitative estimate of drug-likeness (QED) is 0.665. The summed E-state index contributed by atoms with van der Waals surface area (Å²) in [4.78, 5) is 4.45. The maximum absolute atomic E-state index is 5.94. The van der Waals surface area contributed by atoms with Crippen molar-refractivity contribution in [3.8, 4) is 0 Å². The highest BCUT2D eigenvalue weighted by molar-refractivity contribution is 6.32. The lowest BCUT2D eigenvalue weighted by Gasteiger charge is -2.08. The average molecular weight is 209 g/mol. The Balaban J connectivity index is 2.33. The van der Waals surface area contributed by atoms with Gasteiger partial charge in [-0.1, -0.05) is 19.1 Å². The summed E-state index contributed by atoms with van der Waals surface area (Å²) >= 11 is 0. The average Bonchev–Trinajstić information content (AvgIpc) is 2.78. The van der Waals surface area contributed by atoms with Gasteiger partial charge in [0.1, 0.15) is 7.85 Å². The number of aromatic nitrogens is 1. The first kappa shape index (κ1) is 9.85. The van der Waals surface area contributed by atoms with Crippen molar-refractivity contribution in [2.24, 2.45) is 0 Å². The van der Waals surface area contributed by atoms with E-state index in [0.29, 0.717) is 18.8 Å². The summed E-state index contributed by atoms with van der Waals surface area (Å²) in [5, 5.41) is 1.18. The third-order valence-corrected chi connectivity index (χ3v) is 3.20. The smallest absolute Gasteiger partial charge is 0.142 e. The Labute approximate surface area is 96.1 Å². The fraction of sp³-hybridized carbons (Fsp3) is 0.308. The Bertz CT molecular complexity index is 565. The number of fused-ring (bicyclic) bond motifs is 3. The molecule has 1 aromatic carbocycles. The van der Waals surface area contributed by atoms with E-state index in [2.05, 4.69) is 30.1 Å². The Morgan fingerprint density at radius 1 is 1.31 bits per heavy atom. The number of pyridine rings is 1. The van der Waals surface area contributed by atoms with Crippen LogP contribution in [0.15, 0.2) is 18.2 Å². The molecule has 0 amide bonds. The van der Waals surface area contributed by atoms with Gasteiger partial charge < -0.3 is 4.74 Å². The van der Waals surface area contributed by atoms with Crippen LogP contribution in [0, 0.1) is 0 Å². The molecule has 1 aliphatic rings. The zero-order valence-corrected chi connectivity index (χ0v) is 9.29. The number of hydrogen-bond acceptors (Lipinski definition) is 2. The van der Waals surface area contributed by atoms with Crippen molar-refractivity contribution in [1.29, 1.82) is 0 Å². The van der Waals surface area contributed by atoms with E-state index in [1.165, 1.54) is 16.5 Å². The second-order valence-electron chi connectivity index (χ2n) is 4.15. The number of benzene rings is 1. The molecule has 0 bridgehead atoms. The van der Waals surface area contributed by atoms with E-state index in [1.807, 2.05) is 0 Å². The minimum atomic E-state index is 0.597. The lowest BCUT2D eigenvalue weighted by Crippen LogP contribution is -2.15. The first-order chi connectivity index (χ1) is 7.79. The van der Waals surface area contributed by atoms with Gasteiger partial charge in [0.25, 0.3) is 0 Å². The summed E-state index contributed by atoms with van der Waals surface area (Å²) in [6, 6.07) is 6.40. The van der Waals surface area contributed by atoms with E-state index in [-0.39, 0.29) is 0 Å². The molecular weight excluding hydrogens is 197 g/mol. The Hall–Kier alpha value is -1.35. The molecule has 3 heteroatoms. The lowest BCUT2D eigenvalue weighted by atomic mass is 9.92. The van der Waals surface area contributed by atoms with Crippen molar-refractivity contribution in [3.63, 3.8) is 0 Å². The van der Waals surface area contributed by atoms with Crippen LogP contribution in [0.1, 0.15) is 23.6 Å². The van der Waals surface area contributed by atoms with Crippen LogP contribution < -0.4 is 5.59 Å². The fourth-order valence-electron chi connectivity index (χ4n) is 2.24. The Kier molecular flexibility index (Phi) is 2.21. The van der Waals surface area contributed by atoms with Gasteiger partial charge >= 0.3 is 0 Å². The molecule has 78 valence electrons. The topological polar surface area (TPSA) is 22.1 Å². The third-order valence-electron chi connectivity index (χ3n) is 3.20.